The first-order valence-corrected chi connectivity index (χ1v) is 7.24. The minimum atomic E-state index is 0.691. The van der Waals surface area contributed by atoms with E-state index in [-0.39, 0.29) is 0 Å². The highest BCUT2D eigenvalue weighted by atomic mass is 15.2. The first-order chi connectivity index (χ1) is 8.72. The molecule has 0 amide bonds. The van der Waals surface area contributed by atoms with Crippen molar-refractivity contribution in [2.75, 3.05) is 13.1 Å². The normalized spacial score (nSPS) is 25.3. The molecule has 2 heteroatoms. The monoisotopic (exact) mass is 246 g/mol. The summed E-state index contributed by atoms with van der Waals surface area (Å²) in [5.74, 6) is 0.691. The number of nitrogens with two attached hydrogens (primary N) is 1. The highest BCUT2D eigenvalue weighted by molar-refractivity contribution is 5.22. The zero-order valence-corrected chi connectivity index (χ0v) is 11.7. The van der Waals surface area contributed by atoms with E-state index in [1.54, 1.807) is 0 Å². The Morgan fingerprint density at radius 2 is 1.83 bits per heavy atom. The number of rotatable bonds is 4. The van der Waals surface area contributed by atoms with Crippen molar-refractivity contribution in [1.82, 2.24) is 4.90 Å². The predicted molar refractivity (Wildman–Crippen MR) is 77.5 cm³/mol. The minimum Gasteiger partial charge on any atom is -0.330 e. The third kappa shape index (κ3) is 3.33. The van der Waals surface area contributed by atoms with Gasteiger partial charge in [0, 0.05) is 19.1 Å². The van der Waals surface area contributed by atoms with Gasteiger partial charge < -0.3 is 5.73 Å². The maximum absolute atomic E-state index is 5.82. The molecule has 2 atom stereocenters. The van der Waals surface area contributed by atoms with Crippen LogP contribution in [0, 0.1) is 5.92 Å². The summed E-state index contributed by atoms with van der Waals surface area (Å²) in [5.41, 5.74) is 8.66. The average molecular weight is 246 g/mol. The van der Waals surface area contributed by atoms with Crippen molar-refractivity contribution >= 4 is 0 Å². The van der Waals surface area contributed by atoms with Gasteiger partial charge in [0.2, 0.25) is 0 Å². The molecule has 2 nitrogen and oxygen atoms in total. The van der Waals surface area contributed by atoms with Crippen molar-refractivity contribution in [3.8, 4) is 0 Å². The summed E-state index contributed by atoms with van der Waals surface area (Å²) < 4.78 is 0. The lowest BCUT2D eigenvalue weighted by atomic mass is 9.93. The molecule has 1 aliphatic heterocycles. The summed E-state index contributed by atoms with van der Waals surface area (Å²) in [7, 11) is 0. The van der Waals surface area contributed by atoms with Crippen molar-refractivity contribution in [1.29, 1.82) is 0 Å². The van der Waals surface area contributed by atoms with Crippen LogP contribution in [0.1, 0.15) is 37.8 Å². The van der Waals surface area contributed by atoms with Crippen molar-refractivity contribution in [2.45, 2.75) is 45.7 Å². The van der Waals surface area contributed by atoms with Crippen molar-refractivity contribution < 1.29 is 0 Å². The van der Waals surface area contributed by atoms with Crippen LogP contribution in [0.25, 0.3) is 0 Å². The number of nitrogens with zero attached hydrogens (tertiary/aromatic N) is 1. The second kappa shape index (κ2) is 6.35. The highest BCUT2D eigenvalue weighted by Crippen LogP contribution is 2.23. The van der Waals surface area contributed by atoms with Gasteiger partial charge in [0.15, 0.2) is 0 Å². The third-order valence-corrected chi connectivity index (χ3v) is 4.26. The van der Waals surface area contributed by atoms with Crippen molar-refractivity contribution in [2.24, 2.45) is 11.7 Å². The Hall–Kier alpha value is -0.860. The van der Waals surface area contributed by atoms with Crippen LogP contribution in [0.4, 0.5) is 0 Å². The van der Waals surface area contributed by atoms with Gasteiger partial charge in [-0.1, -0.05) is 31.2 Å². The van der Waals surface area contributed by atoms with Gasteiger partial charge in [-0.25, -0.2) is 0 Å². The molecule has 2 rings (SSSR count). The number of hydrogen-bond donors (Lipinski definition) is 1. The molecule has 0 radical (unpaired) electrons. The van der Waals surface area contributed by atoms with Crippen LogP contribution in [-0.4, -0.2) is 24.0 Å². The van der Waals surface area contributed by atoms with E-state index in [1.807, 2.05) is 0 Å². The van der Waals surface area contributed by atoms with Crippen LogP contribution in [0.2, 0.25) is 0 Å². The molecule has 0 aromatic heterocycles. The lowest BCUT2D eigenvalue weighted by Crippen LogP contribution is -2.43. The standard InChI is InChI=1S/C16H26N2/c1-3-14-6-8-15(9-7-14)11-18-12-16(10-17)5-4-13(18)2/h6-9,13,16H,3-5,10-12,17H2,1-2H3. The minimum absolute atomic E-state index is 0.691. The zero-order valence-electron chi connectivity index (χ0n) is 11.7. The Bertz CT molecular complexity index is 358. The van der Waals surface area contributed by atoms with Gasteiger partial charge in [-0.2, -0.15) is 0 Å². The molecule has 2 unspecified atom stereocenters. The number of aryl methyl sites for hydroxylation is 1. The van der Waals surface area contributed by atoms with Crippen LogP contribution >= 0.6 is 0 Å². The van der Waals surface area contributed by atoms with Gasteiger partial charge in [0.1, 0.15) is 0 Å². The van der Waals surface area contributed by atoms with E-state index in [1.165, 1.54) is 24.0 Å². The predicted octanol–water partition coefficient (Wildman–Crippen LogP) is 2.81. The molecule has 100 valence electrons. The van der Waals surface area contributed by atoms with Crippen LogP contribution in [0.15, 0.2) is 24.3 Å². The fraction of sp³-hybridized carbons (Fsp3) is 0.625. The molecule has 0 bridgehead atoms. The third-order valence-electron chi connectivity index (χ3n) is 4.26. The first-order valence-electron chi connectivity index (χ1n) is 7.24. The van der Waals surface area contributed by atoms with E-state index in [9.17, 15) is 0 Å². The number of likely N-dealkylation sites (tertiary alicyclic amines) is 1. The Labute approximate surface area is 111 Å². The van der Waals surface area contributed by atoms with Gasteiger partial charge >= 0.3 is 0 Å². The summed E-state index contributed by atoms with van der Waals surface area (Å²) in [6.07, 6.45) is 3.70. The van der Waals surface area contributed by atoms with E-state index >= 15 is 0 Å². The zero-order chi connectivity index (χ0) is 13.0. The number of piperidine rings is 1. The maximum Gasteiger partial charge on any atom is 0.0236 e. The molecule has 0 aliphatic carbocycles. The van der Waals surface area contributed by atoms with E-state index < -0.39 is 0 Å². The fourth-order valence-corrected chi connectivity index (χ4v) is 2.79. The Kier molecular flexibility index (Phi) is 4.79. The summed E-state index contributed by atoms with van der Waals surface area (Å²) in [5, 5.41) is 0. The summed E-state index contributed by atoms with van der Waals surface area (Å²) >= 11 is 0. The molecule has 1 fully saturated rings. The SMILES string of the molecule is CCc1ccc(CN2CC(CN)CCC2C)cc1. The summed E-state index contributed by atoms with van der Waals surface area (Å²) in [6.45, 7) is 7.60. The first kappa shape index (κ1) is 13.6. The lowest BCUT2D eigenvalue weighted by Gasteiger charge is -2.37. The Morgan fingerprint density at radius 1 is 1.17 bits per heavy atom. The smallest absolute Gasteiger partial charge is 0.0236 e. The average Bonchev–Trinajstić information content (AvgIpc) is 2.42. The van der Waals surface area contributed by atoms with Crippen LogP contribution in [-0.2, 0) is 13.0 Å². The van der Waals surface area contributed by atoms with Crippen molar-refractivity contribution in [3.05, 3.63) is 35.4 Å². The molecule has 1 saturated heterocycles. The largest absolute Gasteiger partial charge is 0.330 e. The van der Waals surface area contributed by atoms with E-state index in [4.69, 9.17) is 5.73 Å². The Balaban J connectivity index is 1.97. The lowest BCUT2D eigenvalue weighted by molar-refractivity contribution is 0.113. The summed E-state index contributed by atoms with van der Waals surface area (Å²) in [6, 6.07) is 9.75. The molecule has 1 heterocycles. The van der Waals surface area contributed by atoms with E-state index in [0.29, 0.717) is 12.0 Å². The second-order valence-corrected chi connectivity index (χ2v) is 5.63. The fourth-order valence-electron chi connectivity index (χ4n) is 2.79. The van der Waals surface area contributed by atoms with Gasteiger partial charge in [-0.3, -0.25) is 4.90 Å². The van der Waals surface area contributed by atoms with E-state index in [0.717, 1.165) is 26.1 Å². The quantitative estimate of drug-likeness (QED) is 0.885. The van der Waals surface area contributed by atoms with Gasteiger partial charge in [-0.05, 0) is 49.8 Å². The van der Waals surface area contributed by atoms with Gasteiger partial charge in [0.25, 0.3) is 0 Å². The second-order valence-electron chi connectivity index (χ2n) is 5.63. The van der Waals surface area contributed by atoms with Gasteiger partial charge in [0.05, 0.1) is 0 Å². The molecule has 2 N–H and O–H groups in total. The molecule has 0 spiro atoms. The molecule has 18 heavy (non-hydrogen) atoms. The van der Waals surface area contributed by atoms with Gasteiger partial charge in [-0.15, -0.1) is 0 Å². The summed E-state index contributed by atoms with van der Waals surface area (Å²) in [4.78, 5) is 2.59. The highest BCUT2D eigenvalue weighted by Gasteiger charge is 2.24. The number of hydrogen-bond acceptors (Lipinski definition) is 2. The van der Waals surface area contributed by atoms with E-state index in [2.05, 4.69) is 43.0 Å². The number of benzene rings is 1. The topological polar surface area (TPSA) is 29.3 Å². The molecule has 1 aliphatic rings. The Morgan fingerprint density at radius 3 is 2.44 bits per heavy atom. The van der Waals surface area contributed by atoms with Crippen LogP contribution in [0.5, 0.6) is 0 Å². The molecule has 0 saturated carbocycles. The molecule has 1 aromatic carbocycles. The van der Waals surface area contributed by atoms with Crippen molar-refractivity contribution in [3.63, 3.8) is 0 Å². The maximum atomic E-state index is 5.82. The molecular formula is C16H26N2. The van der Waals surface area contributed by atoms with Crippen LogP contribution < -0.4 is 5.73 Å². The van der Waals surface area contributed by atoms with Crippen LogP contribution in [0.3, 0.4) is 0 Å². The molecular weight excluding hydrogens is 220 g/mol. The molecule has 1 aromatic rings.